The van der Waals surface area contributed by atoms with Crippen molar-refractivity contribution in [1.82, 2.24) is 19.8 Å². The van der Waals surface area contributed by atoms with Gasteiger partial charge < -0.3 is 24.3 Å². The van der Waals surface area contributed by atoms with Gasteiger partial charge in [-0.3, -0.25) is 4.79 Å². The fraction of sp³-hybridized carbons (Fsp3) is 0.750. The van der Waals surface area contributed by atoms with E-state index in [-0.39, 0.29) is 18.1 Å². The van der Waals surface area contributed by atoms with E-state index in [1.54, 1.807) is 12.5 Å². The van der Waals surface area contributed by atoms with E-state index in [1.807, 2.05) is 19.0 Å². The van der Waals surface area contributed by atoms with Crippen LogP contribution in [0.25, 0.3) is 0 Å². The second-order valence-corrected chi connectivity index (χ2v) is 6.58. The average Bonchev–Trinajstić information content (AvgIpc) is 3.20. The number of ether oxygens (including phenoxy) is 2. The highest BCUT2D eigenvalue weighted by Gasteiger charge is 2.44. The molecular formula is C16H26N4O3. The van der Waals surface area contributed by atoms with Crippen LogP contribution in [0.3, 0.4) is 0 Å². The van der Waals surface area contributed by atoms with Gasteiger partial charge in [0.25, 0.3) is 5.91 Å². The van der Waals surface area contributed by atoms with Crippen molar-refractivity contribution in [2.24, 2.45) is 5.92 Å². The minimum Gasteiger partial charge on any atom is -0.380 e. The molecule has 7 heteroatoms. The lowest BCUT2D eigenvalue weighted by atomic mass is 10.0. The van der Waals surface area contributed by atoms with E-state index in [0.29, 0.717) is 31.4 Å². The summed E-state index contributed by atoms with van der Waals surface area (Å²) < 4.78 is 11.8. The molecule has 2 fully saturated rings. The van der Waals surface area contributed by atoms with E-state index in [4.69, 9.17) is 9.47 Å². The first kappa shape index (κ1) is 16.4. The zero-order valence-electron chi connectivity index (χ0n) is 13.9. The monoisotopic (exact) mass is 322 g/mol. The number of aromatic nitrogens is 2. The van der Waals surface area contributed by atoms with Crippen molar-refractivity contribution in [3.05, 3.63) is 18.2 Å². The van der Waals surface area contributed by atoms with Gasteiger partial charge in [0, 0.05) is 19.0 Å². The van der Waals surface area contributed by atoms with Crippen LogP contribution >= 0.6 is 0 Å². The summed E-state index contributed by atoms with van der Waals surface area (Å²) in [7, 11) is 4.08. The summed E-state index contributed by atoms with van der Waals surface area (Å²) in [5.41, 5.74) is 0.552. The lowest BCUT2D eigenvalue weighted by Crippen LogP contribution is -2.53. The first-order chi connectivity index (χ1) is 11.2. The van der Waals surface area contributed by atoms with Gasteiger partial charge in [0.15, 0.2) is 0 Å². The number of rotatable bonds is 6. The Bertz CT molecular complexity index is 505. The summed E-state index contributed by atoms with van der Waals surface area (Å²) >= 11 is 0. The van der Waals surface area contributed by atoms with Gasteiger partial charge in [0.05, 0.1) is 44.5 Å². The number of likely N-dealkylation sites (N-methyl/N-ethyl adjacent to an activating group) is 1. The Morgan fingerprint density at radius 3 is 3.13 bits per heavy atom. The minimum atomic E-state index is 0.0231. The third-order valence-corrected chi connectivity index (χ3v) is 4.72. The van der Waals surface area contributed by atoms with Gasteiger partial charge in [-0.25, -0.2) is 4.98 Å². The molecule has 0 bridgehead atoms. The van der Waals surface area contributed by atoms with Crippen LogP contribution in [0.2, 0.25) is 0 Å². The Labute approximate surface area is 137 Å². The fourth-order valence-corrected chi connectivity index (χ4v) is 3.50. The number of aromatic amines is 1. The Balaban J connectivity index is 1.56. The molecule has 1 aliphatic carbocycles. The summed E-state index contributed by atoms with van der Waals surface area (Å²) in [6.07, 6.45) is 5.25. The summed E-state index contributed by atoms with van der Waals surface area (Å²) in [5, 5.41) is 0. The molecule has 1 saturated heterocycles. The first-order valence-electron chi connectivity index (χ1n) is 8.30. The zero-order valence-corrected chi connectivity index (χ0v) is 13.9. The molecule has 0 unspecified atom stereocenters. The highest BCUT2D eigenvalue weighted by Crippen LogP contribution is 2.35. The number of carbonyl (C=O) groups excluding carboxylic acids is 1. The SMILES string of the molecule is CN(C)CCOC[C@@H]1CC[C@H]2[C@@H]1OCCN2C(=O)c1cnc[nH]1. The molecule has 1 aliphatic heterocycles. The van der Waals surface area contributed by atoms with E-state index >= 15 is 0 Å². The molecule has 1 aromatic heterocycles. The number of imidazole rings is 1. The van der Waals surface area contributed by atoms with Crippen LogP contribution < -0.4 is 0 Å². The van der Waals surface area contributed by atoms with Crippen molar-refractivity contribution in [2.45, 2.75) is 25.0 Å². The largest absolute Gasteiger partial charge is 0.380 e. The number of carbonyl (C=O) groups is 1. The summed E-state index contributed by atoms with van der Waals surface area (Å²) in [6.45, 7) is 3.60. The second kappa shape index (κ2) is 7.42. The number of nitrogens with one attached hydrogen (secondary N) is 1. The third kappa shape index (κ3) is 3.73. The van der Waals surface area contributed by atoms with Gasteiger partial charge in [0.2, 0.25) is 0 Å². The number of fused-ring (bicyclic) bond motifs is 1. The molecule has 7 nitrogen and oxygen atoms in total. The highest BCUT2D eigenvalue weighted by molar-refractivity contribution is 5.92. The van der Waals surface area contributed by atoms with Crippen molar-refractivity contribution in [3.63, 3.8) is 0 Å². The molecule has 1 aromatic rings. The molecule has 0 aromatic carbocycles. The molecule has 1 saturated carbocycles. The molecule has 0 spiro atoms. The topological polar surface area (TPSA) is 70.7 Å². The number of amides is 1. The van der Waals surface area contributed by atoms with Crippen LogP contribution in [0, 0.1) is 5.92 Å². The van der Waals surface area contributed by atoms with Gasteiger partial charge in [0.1, 0.15) is 5.69 Å². The Kier molecular flexibility index (Phi) is 5.30. The van der Waals surface area contributed by atoms with Crippen LogP contribution in [-0.2, 0) is 9.47 Å². The van der Waals surface area contributed by atoms with Crippen molar-refractivity contribution >= 4 is 5.91 Å². The maximum absolute atomic E-state index is 12.6. The van der Waals surface area contributed by atoms with Crippen LogP contribution in [0.5, 0.6) is 0 Å². The molecule has 3 rings (SSSR count). The number of H-pyrrole nitrogens is 1. The van der Waals surface area contributed by atoms with Gasteiger partial charge in [-0.1, -0.05) is 0 Å². The first-order valence-corrected chi connectivity index (χ1v) is 8.30. The number of morpholine rings is 1. The van der Waals surface area contributed by atoms with E-state index in [1.165, 1.54) is 0 Å². The number of nitrogens with zero attached hydrogens (tertiary/aromatic N) is 3. The molecule has 1 N–H and O–H groups in total. The maximum Gasteiger partial charge on any atom is 0.272 e. The molecule has 128 valence electrons. The molecule has 3 atom stereocenters. The lowest BCUT2D eigenvalue weighted by molar-refractivity contribution is -0.0757. The predicted molar refractivity (Wildman–Crippen MR) is 85.2 cm³/mol. The van der Waals surface area contributed by atoms with Gasteiger partial charge in [-0.2, -0.15) is 0 Å². The summed E-state index contributed by atoms with van der Waals surface area (Å²) in [5.74, 6) is 0.398. The predicted octanol–water partition coefficient (Wildman–Crippen LogP) is 0.608. The molecule has 2 aliphatic rings. The van der Waals surface area contributed by atoms with Crippen LogP contribution in [0.15, 0.2) is 12.5 Å². The average molecular weight is 322 g/mol. The van der Waals surface area contributed by atoms with Crippen LogP contribution in [0.1, 0.15) is 23.3 Å². The van der Waals surface area contributed by atoms with E-state index < -0.39 is 0 Å². The molecule has 1 amide bonds. The molecule has 0 radical (unpaired) electrons. The molecule has 23 heavy (non-hydrogen) atoms. The van der Waals surface area contributed by atoms with Crippen molar-refractivity contribution in [1.29, 1.82) is 0 Å². The Morgan fingerprint density at radius 1 is 1.52 bits per heavy atom. The zero-order chi connectivity index (χ0) is 16.2. The maximum atomic E-state index is 12.6. The van der Waals surface area contributed by atoms with Crippen LogP contribution in [0.4, 0.5) is 0 Å². The molecule has 2 heterocycles. The van der Waals surface area contributed by atoms with E-state index in [2.05, 4.69) is 14.9 Å². The van der Waals surface area contributed by atoms with Gasteiger partial charge in [-0.15, -0.1) is 0 Å². The second-order valence-electron chi connectivity index (χ2n) is 6.58. The quantitative estimate of drug-likeness (QED) is 0.777. The van der Waals surface area contributed by atoms with Crippen LogP contribution in [-0.4, -0.2) is 84.8 Å². The highest BCUT2D eigenvalue weighted by atomic mass is 16.5. The standard InChI is InChI=1S/C16H26N4O3/c1-19(2)5-7-22-10-12-3-4-14-15(12)23-8-6-20(14)16(21)13-9-17-11-18-13/h9,11-12,14-15H,3-8,10H2,1-2H3,(H,17,18)/t12-,14-,15+/m0/s1. The number of hydrogen-bond acceptors (Lipinski definition) is 5. The fourth-order valence-electron chi connectivity index (χ4n) is 3.50. The summed E-state index contributed by atoms with van der Waals surface area (Å²) in [6, 6.07) is 0.155. The Morgan fingerprint density at radius 2 is 2.39 bits per heavy atom. The van der Waals surface area contributed by atoms with Gasteiger partial charge in [-0.05, 0) is 26.9 Å². The van der Waals surface area contributed by atoms with Crippen molar-refractivity contribution in [3.8, 4) is 0 Å². The summed E-state index contributed by atoms with van der Waals surface area (Å²) in [4.78, 5) is 23.5. The minimum absolute atomic E-state index is 0.0231. The lowest BCUT2D eigenvalue weighted by Gasteiger charge is -2.39. The van der Waals surface area contributed by atoms with E-state index in [0.717, 1.165) is 26.0 Å². The van der Waals surface area contributed by atoms with Gasteiger partial charge >= 0.3 is 0 Å². The molecular weight excluding hydrogens is 296 g/mol. The number of hydrogen-bond donors (Lipinski definition) is 1. The Hall–Kier alpha value is -1.44. The smallest absolute Gasteiger partial charge is 0.272 e. The van der Waals surface area contributed by atoms with E-state index in [9.17, 15) is 4.79 Å². The third-order valence-electron chi connectivity index (χ3n) is 4.72. The van der Waals surface area contributed by atoms with Crippen molar-refractivity contribution in [2.75, 3.05) is 47.0 Å². The van der Waals surface area contributed by atoms with Crippen molar-refractivity contribution < 1.29 is 14.3 Å². The normalized spacial score (nSPS) is 27.4.